The highest BCUT2D eigenvalue weighted by Crippen LogP contribution is 2.39. The smallest absolute Gasteiger partial charge is 0.149 e. The SMILES string of the molecule is CCNc1nc(C2CC2)nc(NCCS(C)(=O)=O)c1C. The molecular weight excluding hydrogens is 276 g/mol. The van der Waals surface area contributed by atoms with Gasteiger partial charge in [-0.2, -0.15) is 0 Å². The first kappa shape index (κ1) is 15.0. The molecule has 20 heavy (non-hydrogen) atoms. The summed E-state index contributed by atoms with van der Waals surface area (Å²) in [5.74, 6) is 3.00. The fourth-order valence-electron chi connectivity index (χ4n) is 1.92. The minimum absolute atomic E-state index is 0.103. The molecule has 0 aliphatic heterocycles. The largest absolute Gasteiger partial charge is 0.370 e. The van der Waals surface area contributed by atoms with Crippen LogP contribution in [-0.2, 0) is 9.84 Å². The van der Waals surface area contributed by atoms with Crippen molar-refractivity contribution in [3.63, 3.8) is 0 Å². The standard InChI is InChI=1S/C13H22N4O2S/c1-4-14-11-9(2)12(15-7-8-20(3,18)19)17-13(16-11)10-5-6-10/h10H,4-8H2,1-3H3,(H2,14,15,16,17). The summed E-state index contributed by atoms with van der Waals surface area (Å²) >= 11 is 0. The third-order valence-electron chi connectivity index (χ3n) is 3.22. The van der Waals surface area contributed by atoms with Gasteiger partial charge in [0.25, 0.3) is 0 Å². The normalized spacial score (nSPS) is 15.2. The fourth-order valence-corrected chi connectivity index (χ4v) is 2.40. The van der Waals surface area contributed by atoms with Crippen LogP contribution in [0.1, 0.15) is 37.1 Å². The van der Waals surface area contributed by atoms with Crippen LogP contribution in [0.4, 0.5) is 11.6 Å². The molecule has 0 aromatic carbocycles. The average molecular weight is 298 g/mol. The minimum Gasteiger partial charge on any atom is -0.370 e. The molecule has 0 unspecified atom stereocenters. The van der Waals surface area contributed by atoms with Gasteiger partial charge in [-0.15, -0.1) is 0 Å². The van der Waals surface area contributed by atoms with Gasteiger partial charge in [-0.05, 0) is 26.7 Å². The van der Waals surface area contributed by atoms with Crippen LogP contribution in [-0.4, -0.2) is 43.5 Å². The quantitative estimate of drug-likeness (QED) is 0.794. The van der Waals surface area contributed by atoms with E-state index in [1.54, 1.807) is 0 Å². The van der Waals surface area contributed by atoms with E-state index in [4.69, 9.17) is 0 Å². The van der Waals surface area contributed by atoms with Crippen LogP contribution >= 0.6 is 0 Å². The van der Waals surface area contributed by atoms with Crippen LogP contribution < -0.4 is 10.6 Å². The summed E-state index contributed by atoms with van der Waals surface area (Å²) in [4.78, 5) is 9.10. The number of aromatic nitrogens is 2. The summed E-state index contributed by atoms with van der Waals surface area (Å²) in [7, 11) is -2.96. The number of hydrogen-bond donors (Lipinski definition) is 2. The van der Waals surface area contributed by atoms with Gasteiger partial charge >= 0.3 is 0 Å². The molecule has 1 saturated carbocycles. The molecular formula is C13H22N4O2S. The highest BCUT2D eigenvalue weighted by molar-refractivity contribution is 7.90. The van der Waals surface area contributed by atoms with Gasteiger partial charge in [-0.3, -0.25) is 0 Å². The molecule has 1 heterocycles. The maximum atomic E-state index is 11.2. The van der Waals surface area contributed by atoms with Crippen LogP contribution in [0.5, 0.6) is 0 Å². The number of anilines is 2. The average Bonchev–Trinajstić information content (AvgIpc) is 3.16. The molecule has 1 aliphatic rings. The monoisotopic (exact) mass is 298 g/mol. The van der Waals surface area contributed by atoms with E-state index in [0.717, 1.165) is 42.4 Å². The van der Waals surface area contributed by atoms with Crippen molar-refractivity contribution < 1.29 is 8.42 Å². The molecule has 1 aromatic rings. The molecule has 0 spiro atoms. The first-order chi connectivity index (χ1) is 9.40. The van der Waals surface area contributed by atoms with E-state index in [-0.39, 0.29) is 5.75 Å². The van der Waals surface area contributed by atoms with Crippen molar-refractivity contribution in [3.8, 4) is 0 Å². The molecule has 7 heteroatoms. The Labute approximate surface area is 120 Å². The van der Waals surface area contributed by atoms with E-state index in [1.807, 2.05) is 13.8 Å². The summed E-state index contributed by atoms with van der Waals surface area (Å²) in [5.41, 5.74) is 0.935. The lowest BCUT2D eigenvalue weighted by molar-refractivity contribution is 0.602. The van der Waals surface area contributed by atoms with Crippen LogP contribution in [0.15, 0.2) is 0 Å². The Morgan fingerprint density at radius 1 is 1.20 bits per heavy atom. The lowest BCUT2D eigenvalue weighted by atomic mass is 10.2. The molecule has 0 amide bonds. The van der Waals surface area contributed by atoms with Gasteiger partial charge in [0.1, 0.15) is 27.3 Å². The molecule has 1 aromatic heterocycles. The molecule has 112 valence electrons. The van der Waals surface area contributed by atoms with Gasteiger partial charge in [0, 0.05) is 30.8 Å². The number of hydrogen-bond acceptors (Lipinski definition) is 6. The van der Waals surface area contributed by atoms with Gasteiger partial charge in [-0.25, -0.2) is 18.4 Å². The van der Waals surface area contributed by atoms with Crippen LogP contribution in [0.3, 0.4) is 0 Å². The van der Waals surface area contributed by atoms with Gasteiger partial charge in [-0.1, -0.05) is 0 Å². The number of rotatable bonds is 7. The van der Waals surface area contributed by atoms with Crippen LogP contribution in [0.25, 0.3) is 0 Å². The van der Waals surface area contributed by atoms with E-state index in [9.17, 15) is 8.42 Å². The van der Waals surface area contributed by atoms with E-state index >= 15 is 0 Å². The molecule has 6 nitrogen and oxygen atoms in total. The van der Waals surface area contributed by atoms with Crippen LogP contribution in [0.2, 0.25) is 0 Å². The molecule has 0 saturated heterocycles. The maximum absolute atomic E-state index is 11.2. The van der Waals surface area contributed by atoms with Crippen molar-refractivity contribution in [1.82, 2.24) is 9.97 Å². The predicted octanol–water partition coefficient (Wildman–Crippen LogP) is 1.55. The van der Waals surface area contributed by atoms with Crippen molar-refractivity contribution >= 4 is 21.5 Å². The molecule has 2 N–H and O–H groups in total. The number of nitrogens with zero attached hydrogens (tertiary/aromatic N) is 2. The summed E-state index contributed by atoms with van der Waals surface area (Å²) < 4.78 is 22.4. The number of nitrogens with one attached hydrogen (secondary N) is 2. The fraction of sp³-hybridized carbons (Fsp3) is 0.692. The van der Waals surface area contributed by atoms with E-state index < -0.39 is 9.84 Å². The lowest BCUT2D eigenvalue weighted by Crippen LogP contribution is -2.17. The van der Waals surface area contributed by atoms with Crippen molar-refractivity contribution in [2.45, 2.75) is 32.6 Å². The summed E-state index contributed by atoms with van der Waals surface area (Å²) in [5, 5.41) is 6.36. The van der Waals surface area contributed by atoms with E-state index in [2.05, 4.69) is 20.6 Å². The second-order valence-electron chi connectivity index (χ2n) is 5.27. The molecule has 1 fully saturated rings. The molecule has 1 aliphatic carbocycles. The predicted molar refractivity (Wildman–Crippen MR) is 81.1 cm³/mol. The van der Waals surface area contributed by atoms with Gasteiger partial charge in [0.05, 0.1) is 5.75 Å². The van der Waals surface area contributed by atoms with E-state index in [0.29, 0.717) is 12.5 Å². The Kier molecular flexibility index (Phi) is 4.47. The van der Waals surface area contributed by atoms with Crippen molar-refractivity contribution in [1.29, 1.82) is 0 Å². The lowest BCUT2D eigenvalue weighted by Gasteiger charge is -2.14. The van der Waals surface area contributed by atoms with E-state index in [1.165, 1.54) is 6.26 Å². The van der Waals surface area contributed by atoms with Crippen molar-refractivity contribution in [3.05, 3.63) is 11.4 Å². The second kappa shape index (κ2) is 5.95. The third kappa shape index (κ3) is 4.06. The highest BCUT2D eigenvalue weighted by atomic mass is 32.2. The van der Waals surface area contributed by atoms with Gasteiger partial charge in [0.15, 0.2) is 0 Å². The van der Waals surface area contributed by atoms with Crippen LogP contribution in [0, 0.1) is 6.92 Å². The van der Waals surface area contributed by atoms with Crippen molar-refractivity contribution in [2.75, 3.05) is 35.7 Å². The summed E-state index contributed by atoms with van der Waals surface area (Å²) in [6.07, 6.45) is 3.51. The topological polar surface area (TPSA) is 84.0 Å². The minimum atomic E-state index is -2.96. The Hall–Kier alpha value is -1.37. The van der Waals surface area contributed by atoms with Crippen molar-refractivity contribution in [2.24, 2.45) is 0 Å². The third-order valence-corrected chi connectivity index (χ3v) is 4.16. The summed E-state index contributed by atoms with van der Waals surface area (Å²) in [6.45, 7) is 5.13. The Morgan fingerprint density at radius 2 is 1.80 bits per heavy atom. The molecule has 0 bridgehead atoms. The molecule has 0 atom stereocenters. The highest BCUT2D eigenvalue weighted by Gasteiger charge is 2.28. The Balaban J connectivity index is 2.17. The first-order valence-electron chi connectivity index (χ1n) is 6.94. The zero-order valence-corrected chi connectivity index (χ0v) is 13.0. The second-order valence-corrected chi connectivity index (χ2v) is 7.53. The molecule has 2 rings (SSSR count). The maximum Gasteiger partial charge on any atom is 0.149 e. The van der Waals surface area contributed by atoms with Gasteiger partial charge < -0.3 is 10.6 Å². The Morgan fingerprint density at radius 3 is 2.30 bits per heavy atom. The zero-order chi connectivity index (χ0) is 14.8. The first-order valence-corrected chi connectivity index (χ1v) is 9.00. The molecule has 0 radical (unpaired) electrons. The summed E-state index contributed by atoms with van der Waals surface area (Å²) in [6, 6.07) is 0. The number of sulfone groups is 1. The van der Waals surface area contributed by atoms with Gasteiger partial charge in [0.2, 0.25) is 0 Å². The zero-order valence-electron chi connectivity index (χ0n) is 12.2. The Bertz CT molecular complexity index is 582.